The quantitative estimate of drug-likeness (QED) is 0.919. The van der Waals surface area contributed by atoms with Gasteiger partial charge in [0.05, 0.1) is 16.4 Å². The van der Waals surface area contributed by atoms with Crippen LogP contribution in [0.15, 0.2) is 46.7 Å². The molecule has 1 heterocycles. The van der Waals surface area contributed by atoms with Crippen molar-refractivity contribution in [3.8, 4) is 5.75 Å². The number of nitrogens with one attached hydrogen (secondary N) is 1. The Morgan fingerprint density at radius 3 is 2.50 bits per heavy atom. The zero-order chi connectivity index (χ0) is 14.6. The number of carbonyl (C=O) groups excluding carboxylic acids is 1. The predicted molar refractivity (Wildman–Crippen MR) is 76.6 cm³/mol. The Hall–Kier alpha value is -1.86. The number of ether oxygens (including phenoxy) is 1. The smallest absolute Gasteiger partial charge is 0.275 e. The fraction of sp³-hybridized carbons (Fsp3) is 0.154. The van der Waals surface area contributed by atoms with Crippen LogP contribution in [0, 0.1) is 0 Å². The average Bonchev–Trinajstić information content (AvgIpc) is 2.93. The van der Waals surface area contributed by atoms with Crippen LogP contribution in [-0.4, -0.2) is 20.9 Å². The lowest BCUT2D eigenvalue weighted by Gasteiger charge is -2.07. The minimum atomic E-state index is -3.87. The number of benzene rings is 1. The molecule has 0 atom stereocenters. The van der Waals surface area contributed by atoms with Crippen LogP contribution in [0.25, 0.3) is 0 Å². The molecule has 1 aromatic heterocycles. The molecule has 2 aromatic rings. The van der Waals surface area contributed by atoms with Gasteiger partial charge < -0.3 is 4.74 Å². The van der Waals surface area contributed by atoms with Crippen molar-refractivity contribution in [3.05, 3.63) is 46.7 Å². The first-order valence-electron chi connectivity index (χ1n) is 5.86. The van der Waals surface area contributed by atoms with E-state index in [-0.39, 0.29) is 4.90 Å². The molecule has 0 spiro atoms. The molecule has 0 bridgehead atoms. The van der Waals surface area contributed by atoms with Gasteiger partial charge in [0.2, 0.25) is 0 Å². The average molecular weight is 311 g/mol. The molecule has 0 radical (unpaired) electrons. The molecule has 7 heteroatoms. The fourth-order valence-corrected chi connectivity index (χ4v) is 3.17. The third-order valence-electron chi connectivity index (χ3n) is 2.42. The van der Waals surface area contributed by atoms with Gasteiger partial charge in [-0.25, -0.2) is 13.1 Å². The lowest BCUT2D eigenvalue weighted by molar-refractivity contribution is 0.0985. The molecule has 0 fully saturated rings. The number of carbonyl (C=O) groups is 1. The first-order chi connectivity index (χ1) is 9.53. The standard InChI is InChI=1S/C13H13NO4S2/c1-2-18-10-5-7-11(8-6-10)20(16,17)14-13(15)12-4-3-9-19-12/h3-9H,2H2,1H3,(H,14,15). The van der Waals surface area contributed by atoms with Crippen LogP contribution in [0.4, 0.5) is 0 Å². The van der Waals surface area contributed by atoms with E-state index in [0.29, 0.717) is 17.2 Å². The summed E-state index contributed by atoms with van der Waals surface area (Å²) in [6.45, 7) is 2.34. The van der Waals surface area contributed by atoms with Crippen LogP contribution >= 0.6 is 11.3 Å². The summed E-state index contributed by atoms with van der Waals surface area (Å²) in [5.74, 6) is -0.0510. The number of rotatable bonds is 5. The molecule has 5 nitrogen and oxygen atoms in total. The van der Waals surface area contributed by atoms with Crippen LogP contribution in [0.5, 0.6) is 5.75 Å². The SMILES string of the molecule is CCOc1ccc(S(=O)(=O)NC(=O)c2cccs2)cc1. The Kier molecular flexibility index (Phi) is 4.41. The second kappa shape index (κ2) is 6.06. The number of sulfonamides is 1. The van der Waals surface area contributed by atoms with Crippen molar-refractivity contribution in [3.63, 3.8) is 0 Å². The van der Waals surface area contributed by atoms with E-state index in [2.05, 4.69) is 0 Å². The van der Waals surface area contributed by atoms with E-state index in [9.17, 15) is 13.2 Å². The largest absolute Gasteiger partial charge is 0.494 e. The highest BCUT2D eigenvalue weighted by atomic mass is 32.2. The van der Waals surface area contributed by atoms with Crippen molar-refractivity contribution in [2.24, 2.45) is 0 Å². The monoisotopic (exact) mass is 311 g/mol. The maximum absolute atomic E-state index is 12.0. The molecule has 0 aliphatic carbocycles. The summed E-state index contributed by atoms with van der Waals surface area (Å²) in [5, 5.41) is 1.71. The minimum Gasteiger partial charge on any atom is -0.494 e. The summed E-state index contributed by atoms with van der Waals surface area (Å²) in [5.41, 5.74) is 0. The first-order valence-corrected chi connectivity index (χ1v) is 8.22. The van der Waals surface area contributed by atoms with Crippen molar-refractivity contribution < 1.29 is 17.9 Å². The van der Waals surface area contributed by atoms with E-state index in [1.807, 2.05) is 11.6 Å². The van der Waals surface area contributed by atoms with Crippen LogP contribution < -0.4 is 9.46 Å². The maximum atomic E-state index is 12.0. The van der Waals surface area contributed by atoms with Crippen LogP contribution in [0.3, 0.4) is 0 Å². The Morgan fingerprint density at radius 2 is 1.95 bits per heavy atom. The van der Waals surface area contributed by atoms with Gasteiger partial charge in [-0.15, -0.1) is 11.3 Å². The molecular weight excluding hydrogens is 298 g/mol. The molecule has 1 amide bonds. The van der Waals surface area contributed by atoms with Gasteiger partial charge in [0.15, 0.2) is 0 Å². The second-order valence-electron chi connectivity index (χ2n) is 3.82. The van der Waals surface area contributed by atoms with Crippen LogP contribution in [0.2, 0.25) is 0 Å². The molecule has 0 unspecified atom stereocenters. The first kappa shape index (κ1) is 14.5. The van der Waals surface area contributed by atoms with E-state index >= 15 is 0 Å². The summed E-state index contributed by atoms with van der Waals surface area (Å²) in [6.07, 6.45) is 0. The van der Waals surface area contributed by atoms with Gasteiger partial charge in [0.1, 0.15) is 5.75 Å². The van der Waals surface area contributed by atoms with E-state index in [1.54, 1.807) is 29.6 Å². The Labute approximate surface area is 121 Å². The fourth-order valence-electron chi connectivity index (χ4n) is 1.52. The Morgan fingerprint density at radius 1 is 1.25 bits per heavy atom. The highest BCUT2D eigenvalue weighted by Gasteiger charge is 2.19. The highest BCUT2D eigenvalue weighted by molar-refractivity contribution is 7.90. The van der Waals surface area contributed by atoms with Crippen molar-refractivity contribution in [2.75, 3.05) is 6.61 Å². The van der Waals surface area contributed by atoms with Gasteiger partial charge in [-0.1, -0.05) is 6.07 Å². The highest BCUT2D eigenvalue weighted by Crippen LogP contribution is 2.16. The van der Waals surface area contributed by atoms with Gasteiger partial charge in [-0.3, -0.25) is 4.79 Å². The van der Waals surface area contributed by atoms with Gasteiger partial charge in [-0.2, -0.15) is 0 Å². The zero-order valence-electron chi connectivity index (χ0n) is 10.7. The van der Waals surface area contributed by atoms with Gasteiger partial charge in [0, 0.05) is 0 Å². The number of thiophene rings is 1. The molecule has 0 saturated heterocycles. The van der Waals surface area contributed by atoms with E-state index < -0.39 is 15.9 Å². The summed E-state index contributed by atoms with van der Waals surface area (Å²) in [7, 11) is -3.87. The number of hydrogen-bond donors (Lipinski definition) is 1. The Balaban J connectivity index is 2.16. The molecule has 0 saturated carbocycles. The van der Waals surface area contributed by atoms with Crippen molar-refractivity contribution in [2.45, 2.75) is 11.8 Å². The van der Waals surface area contributed by atoms with Crippen LogP contribution in [0.1, 0.15) is 16.6 Å². The van der Waals surface area contributed by atoms with E-state index in [4.69, 9.17) is 4.74 Å². The van der Waals surface area contributed by atoms with Crippen LogP contribution in [-0.2, 0) is 10.0 Å². The molecular formula is C13H13NO4S2. The van der Waals surface area contributed by atoms with Gasteiger partial charge in [0.25, 0.3) is 15.9 Å². The van der Waals surface area contributed by atoms with Gasteiger partial charge >= 0.3 is 0 Å². The normalized spacial score (nSPS) is 11.1. The lowest BCUT2D eigenvalue weighted by atomic mass is 10.3. The summed E-state index contributed by atoms with van der Waals surface area (Å²) in [6, 6.07) is 9.14. The molecule has 2 rings (SSSR count). The lowest BCUT2D eigenvalue weighted by Crippen LogP contribution is -2.29. The summed E-state index contributed by atoms with van der Waals surface area (Å²) < 4.78 is 31.3. The molecule has 20 heavy (non-hydrogen) atoms. The Bertz CT molecular complexity index is 676. The van der Waals surface area contributed by atoms with E-state index in [0.717, 1.165) is 0 Å². The number of amides is 1. The second-order valence-corrected chi connectivity index (χ2v) is 6.45. The number of hydrogen-bond acceptors (Lipinski definition) is 5. The van der Waals surface area contributed by atoms with Crippen molar-refractivity contribution in [1.29, 1.82) is 0 Å². The predicted octanol–water partition coefficient (Wildman–Crippen LogP) is 2.27. The topological polar surface area (TPSA) is 72.5 Å². The minimum absolute atomic E-state index is 0.0193. The molecule has 0 aliphatic heterocycles. The molecule has 1 aromatic carbocycles. The molecule has 106 valence electrons. The molecule has 0 aliphatic rings. The van der Waals surface area contributed by atoms with Crippen molar-refractivity contribution in [1.82, 2.24) is 4.72 Å². The van der Waals surface area contributed by atoms with Crippen molar-refractivity contribution >= 4 is 27.3 Å². The molecule has 1 N–H and O–H groups in total. The van der Waals surface area contributed by atoms with Gasteiger partial charge in [-0.05, 0) is 42.6 Å². The summed E-state index contributed by atoms with van der Waals surface area (Å²) in [4.78, 5) is 12.1. The van der Waals surface area contributed by atoms with E-state index in [1.165, 1.54) is 23.5 Å². The summed E-state index contributed by atoms with van der Waals surface area (Å²) >= 11 is 1.18. The maximum Gasteiger partial charge on any atom is 0.275 e. The third-order valence-corrected chi connectivity index (χ3v) is 4.63. The zero-order valence-corrected chi connectivity index (χ0v) is 12.3. The third kappa shape index (κ3) is 3.37.